The second kappa shape index (κ2) is 9.62. The summed E-state index contributed by atoms with van der Waals surface area (Å²) < 4.78 is 22.0. The summed E-state index contributed by atoms with van der Waals surface area (Å²) in [5, 5.41) is 1.43. The topological polar surface area (TPSA) is 69.7 Å². The third-order valence-corrected chi connectivity index (χ3v) is 5.87. The predicted molar refractivity (Wildman–Crippen MR) is 120 cm³/mol. The van der Waals surface area contributed by atoms with Crippen molar-refractivity contribution in [3.05, 3.63) is 71.3 Å². The van der Waals surface area contributed by atoms with Gasteiger partial charge in [0.1, 0.15) is 5.88 Å². The van der Waals surface area contributed by atoms with Crippen LogP contribution >= 0.6 is 0 Å². The highest BCUT2D eigenvalue weighted by Crippen LogP contribution is 2.31. The van der Waals surface area contributed by atoms with Crippen molar-refractivity contribution in [1.82, 2.24) is 15.3 Å². The van der Waals surface area contributed by atoms with Crippen LogP contribution in [0.2, 0.25) is 0 Å². The fraction of sp³-hybridized carbons (Fsp3) is 0.435. The molecule has 0 saturated carbocycles. The predicted octanol–water partition coefficient (Wildman–Crippen LogP) is 3.47. The van der Waals surface area contributed by atoms with Gasteiger partial charge in [-0.15, -0.1) is 0 Å². The first-order valence-electron chi connectivity index (χ1n) is 10.3. The van der Waals surface area contributed by atoms with Crippen LogP contribution in [0.3, 0.4) is 0 Å². The molecule has 0 aliphatic carbocycles. The van der Waals surface area contributed by atoms with Crippen LogP contribution in [0.5, 0.6) is 0 Å². The number of amides is 2. The van der Waals surface area contributed by atoms with Crippen molar-refractivity contribution in [3.8, 4) is 0 Å². The molecule has 1 saturated heterocycles. The van der Waals surface area contributed by atoms with Crippen molar-refractivity contribution in [2.75, 3.05) is 19.0 Å². The molecule has 0 radical (unpaired) electrons. The Labute approximate surface area is 180 Å². The van der Waals surface area contributed by atoms with Crippen molar-refractivity contribution >= 4 is 16.7 Å². The van der Waals surface area contributed by atoms with E-state index in [1.807, 2.05) is 23.1 Å². The number of aryl methyl sites for hydroxylation is 1. The number of hydrogen-bond donors (Lipinski definition) is 2. The molecular weight excluding hydrogens is 398 g/mol. The summed E-state index contributed by atoms with van der Waals surface area (Å²) >= 11 is 0. The molecular formula is C23H31N3O3S. The number of nitrogens with one attached hydrogen (secondary N) is 1. The van der Waals surface area contributed by atoms with Crippen molar-refractivity contribution in [2.45, 2.75) is 45.1 Å². The Morgan fingerprint density at radius 3 is 2.30 bits per heavy atom. The number of carbonyl (C=O) groups is 1. The summed E-state index contributed by atoms with van der Waals surface area (Å²) in [6.45, 7) is 7.55. The maximum Gasteiger partial charge on any atom is 0.335 e. The Morgan fingerprint density at radius 1 is 1.03 bits per heavy atom. The minimum atomic E-state index is -2.60. The molecule has 0 aromatic heterocycles. The number of nitrogens with zero attached hydrogens (tertiary/aromatic N) is 2. The Bertz CT molecular complexity index is 913. The lowest BCUT2D eigenvalue weighted by Gasteiger charge is -2.25. The van der Waals surface area contributed by atoms with Crippen LogP contribution in [0.25, 0.3) is 0 Å². The molecule has 2 aromatic rings. The van der Waals surface area contributed by atoms with Gasteiger partial charge in [0.25, 0.3) is 0 Å². The van der Waals surface area contributed by atoms with Crippen LogP contribution in [-0.2, 0) is 22.5 Å². The maximum atomic E-state index is 13.0. The van der Waals surface area contributed by atoms with Gasteiger partial charge in [0.15, 0.2) is 10.7 Å². The average molecular weight is 430 g/mol. The Kier molecular flexibility index (Phi) is 7.15. The van der Waals surface area contributed by atoms with Gasteiger partial charge in [-0.05, 0) is 34.9 Å². The van der Waals surface area contributed by atoms with Gasteiger partial charge < -0.3 is 4.90 Å². The summed E-state index contributed by atoms with van der Waals surface area (Å²) in [6.07, 6.45) is 1.73. The van der Waals surface area contributed by atoms with Crippen molar-refractivity contribution in [1.29, 1.82) is 0 Å². The molecule has 1 aliphatic heterocycles. The van der Waals surface area contributed by atoms with Crippen LogP contribution in [0.15, 0.2) is 54.6 Å². The van der Waals surface area contributed by atoms with Gasteiger partial charge in [0.2, 0.25) is 0 Å². The Balaban J connectivity index is 1.75. The molecule has 7 heteroatoms. The summed E-state index contributed by atoms with van der Waals surface area (Å²) in [5.74, 6) is -0.241. The van der Waals surface area contributed by atoms with E-state index < -0.39 is 10.7 Å². The molecule has 1 N–H and O–H groups in total. The van der Waals surface area contributed by atoms with Crippen LogP contribution < -0.4 is 5.43 Å². The number of rotatable bonds is 8. The summed E-state index contributed by atoms with van der Waals surface area (Å²) in [5.41, 5.74) is 6.36. The van der Waals surface area contributed by atoms with E-state index in [1.165, 1.54) is 16.1 Å². The van der Waals surface area contributed by atoms with Gasteiger partial charge in [-0.2, -0.15) is 0 Å². The zero-order valence-corrected chi connectivity index (χ0v) is 18.8. The third kappa shape index (κ3) is 5.61. The molecule has 0 spiro atoms. The number of carbonyl (C=O) groups excluding carboxylic acids is 1. The quantitative estimate of drug-likeness (QED) is 0.631. The minimum Gasteiger partial charge on any atom is -0.315 e. The lowest BCUT2D eigenvalue weighted by Crippen LogP contribution is -2.42. The molecule has 30 heavy (non-hydrogen) atoms. The molecule has 1 fully saturated rings. The van der Waals surface area contributed by atoms with Crippen molar-refractivity contribution < 1.29 is 13.2 Å². The fourth-order valence-electron chi connectivity index (χ4n) is 3.75. The second-order valence-electron chi connectivity index (χ2n) is 8.71. The maximum absolute atomic E-state index is 13.0. The van der Waals surface area contributed by atoms with E-state index in [2.05, 4.69) is 62.6 Å². The number of hydrogen-bond acceptors (Lipinski definition) is 4. The summed E-state index contributed by atoms with van der Waals surface area (Å²) in [7, 11) is -2.60. The highest BCUT2D eigenvalue weighted by molar-refractivity contribution is 7.72. The lowest BCUT2D eigenvalue weighted by molar-refractivity contribution is 0.175. The fourth-order valence-corrected chi connectivity index (χ4v) is 4.04. The molecule has 6 nitrogen and oxygen atoms in total. The molecule has 1 atom stereocenters. The standard InChI is InChI=1S/C23H31N3O3S/c1-23(2,3)20-13-11-19(12-14-20)21-16-26(24-17-30(28)29)22(27)25(21)15-7-10-18-8-5-4-6-9-18/h4-6,8-9,11-14,21,24,30H,7,10,15-17H2,1-3H3/t21-/m0/s1. The minimum absolute atomic E-state index is 0.0619. The SMILES string of the molecule is CC(C)(C)c1ccc([C@@H]2CN(NC[SH](=O)=O)C(=O)N2CCCc2ccccc2)cc1. The molecule has 0 bridgehead atoms. The Morgan fingerprint density at radius 2 is 1.70 bits per heavy atom. The number of thiol groups is 1. The molecule has 1 aliphatic rings. The molecule has 0 unspecified atom stereocenters. The van der Waals surface area contributed by atoms with Crippen LogP contribution in [0, 0.1) is 0 Å². The lowest BCUT2D eigenvalue weighted by atomic mass is 9.86. The first-order valence-corrected chi connectivity index (χ1v) is 11.7. The van der Waals surface area contributed by atoms with E-state index >= 15 is 0 Å². The van der Waals surface area contributed by atoms with Gasteiger partial charge in [0.05, 0.1) is 12.6 Å². The Hall–Kier alpha value is -2.38. The zero-order valence-electron chi connectivity index (χ0n) is 17.9. The first-order chi connectivity index (χ1) is 14.3. The van der Waals surface area contributed by atoms with Gasteiger partial charge in [0, 0.05) is 6.54 Å². The van der Waals surface area contributed by atoms with E-state index in [1.54, 1.807) is 0 Å². The van der Waals surface area contributed by atoms with Gasteiger partial charge >= 0.3 is 6.03 Å². The van der Waals surface area contributed by atoms with Crippen LogP contribution in [0.1, 0.15) is 49.9 Å². The normalized spacial score (nSPS) is 17.2. The molecule has 2 aromatic carbocycles. The van der Waals surface area contributed by atoms with E-state index in [0.717, 1.165) is 18.4 Å². The molecule has 2 amide bonds. The summed E-state index contributed by atoms with van der Waals surface area (Å²) in [6, 6.07) is 18.3. The number of hydrazine groups is 1. The van der Waals surface area contributed by atoms with Gasteiger partial charge in [-0.1, -0.05) is 75.4 Å². The van der Waals surface area contributed by atoms with E-state index in [4.69, 9.17) is 0 Å². The number of urea groups is 1. The highest BCUT2D eigenvalue weighted by Gasteiger charge is 2.38. The zero-order chi connectivity index (χ0) is 21.7. The first kappa shape index (κ1) is 22.3. The average Bonchev–Trinajstić information content (AvgIpc) is 3.02. The smallest absolute Gasteiger partial charge is 0.315 e. The van der Waals surface area contributed by atoms with E-state index in [-0.39, 0.29) is 23.4 Å². The van der Waals surface area contributed by atoms with Crippen molar-refractivity contribution in [3.63, 3.8) is 0 Å². The van der Waals surface area contributed by atoms with Crippen LogP contribution in [0.4, 0.5) is 4.79 Å². The molecule has 1 heterocycles. The number of benzene rings is 2. The monoisotopic (exact) mass is 429 g/mol. The summed E-state index contributed by atoms with van der Waals surface area (Å²) in [4.78, 5) is 14.8. The van der Waals surface area contributed by atoms with Gasteiger partial charge in [-0.25, -0.2) is 18.6 Å². The van der Waals surface area contributed by atoms with Crippen molar-refractivity contribution in [2.24, 2.45) is 0 Å². The molecule has 162 valence electrons. The molecule has 3 rings (SSSR count). The largest absolute Gasteiger partial charge is 0.335 e. The van der Waals surface area contributed by atoms with E-state index in [0.29, 0.717) is 13.1 Å². The third-order valence-electron chi connectivity index (χ3n) is 5.47. The second-order valence-corrected chi connectivity index (χ2v) is 9.69. The highest BCUT2D eigenvalue weighted by atomic mass is 32.2. The van der Waals surface area contributed by atoms with E-state index in [9.17, 15) is 13.2 Å². The van der Waals surface area contributed by atoms with Gasteiger partial charge in [-0.3, -0.25) is 5.01 Å². The van der Waals surface area contributed by atoms with Crippen LogP contribution in [-0.4, -0.2) is 43.3 Å².